The molecule has 1 aromatic carbocycles. The highest BCUT2D eigenvalue weighted by atomic mass is 17.1. The van der Waals surface area contributed by atoms with Gasteiger partial charge in [0.2, 0.25) is 0 Å². The lowest BCUT2D eigenvalue weighted by Gasteiger charge is -1.96. The maximum atomic E-state index is 10.3. The Balaban J connectivity index is 0.000000280. The van der Waals surface area contributed by atoms with Gasteiger partial charge in [-0.05, 0) is 6.42 Å². The summed E-state index contributed by atoms with van der Waals surface area (Å²) in [4.78, 5) is 13.8. The van der Waals surface area contributed by atoms with Crippen LogP contribution in [0, 0.1) is 0 Å². The molecule has 3 nitrogen and oxygen atoms in total. The molecule has 0 saturated heterocycles. The lowest BCUT2D eigenvalue weighted by Crippen LogP contribution is -2.02. The van der Waals surface area contributed by atoms with Crippen molar-refractivity contribution in [3.8, 4) is 0 Å². The Kier molecular flexibility index (Phi) is 8.00. The first-order valence-corrected chi connectivity index (χ1v) is 4.76. The molecule has 15 heavy (non-hydrogen) atoms. The minimum Gasteiger partial charge on any atom is -0.296 e. The maximum Gasteiger partial charge on any atom is 0.368 e. The molecule has 0 radical (unpaired) electrons. The Morgan fingerprint density at radius 3 is 1.87 bits per heavy atom. The largest absolute Gasteiger partial charge is 0.368 e. The van der Waals surface area contributed by atoms with Crippen LogP contribution in [-0.2, 0) is 9.68 Å². The first-order chi connectivity index (χ1) is 7.22. The van der Waals surface area contributed by atoms with E-state index in [-0.39, 0.29) is 0 Å². The van der Waals surface area contributed by atoms with Gasteiger partial charge < -0.3 is 0 Å². The van der Waals surface area contributed by atoms with Gasteiger partial charge in [0, 0.05) is 5.57 Å². The molecule has 0 atom stereocenters. The van der Waals surface area contributed by atoms with Crippen molar-refractivity contribution in [1.29, 1.82) is 0 Å². The van der Waals surface area contributed by atoms with Gasteiger partial charge in [-0.25, -0.2) is 4.79 Å². The van der Waals surface area contributed by atoms with Gasteiger partial charge in [0.05, 0.1) is 0 Å². The highest BCUT2D eigenvalue weighted by Crippen LogP contribution is 2.02. The summed E-state index contributed by atoms with van der Waals surface area (Å²) in [6.45, 7) is 5.29. The third kappa shape index (κ3) is 7.46. The summed E-state index contributed by atoms with van der Waals surface area (Å²) in [6, 6.07) is 12.0. The second kappa shape index (κ2) is 8.97. The molecule has 0 unspecified atom stereocenters. The fourth-order valence-corrected chi connectivity index (χ4v) is 0.853. The summed E-state index contributed by atoms with van der Waals surface area (Å²) in [7, 11) is 0. The fraction of sp³-hybridized carbons (Fsp3) is 0.250. The Labute approximate surface area is 89.9 Å². The third-order valence-corrected chi connectivity index (χ3v) is 1.59. The summed E-state index contributed by atoms with van der Waals surface area (Å²) in [5, 5.41) is 7.82. The fourth-order valence-electron chi connectivity index (χ4n) is 0.853. The van der Waals surface area contributed by atoms with Crippen molar-refractivity contribution in [2.45, 2.75) is 19.8 Å². The molecule has 1 N–H and O–H groups in total. The quantitative estimate of drug-likeness (QED) is 0.471. The smallest absolute Gasteiger partial charge is 0.296 e. The lowest BCUT2D eigenvalue weighted by atomic mass is 10.2. The molecular formula is C12H16O3. The summed E-state index contributed by atoms with van der Waals surface area (Å²) in [5.41, 5.74) is 0.306. The van der Waals surface area contributed by atoms with E-state index in [0.29, 0.717) is 12.0 Å². The van der Waals surface area contributed by atoms with Crippen LogP contribution in [-0.4, -0.2) is 11.2 Å². The minimum atomic E-state index is -0.739. The molecule has 3 heteroatoms. The van der Waals surface area contributed by atoms with E-state index in [9.17, 15) is 4.79 Å². The predicted molar refractivity (Wildman–Crippen MR) is 59.2 cm³/mol. The molecule has 0 heterocycles. The number of benzene rings is 1. The average molecular weight is 208 g/mol. The van der Waals surface area contributed by atoms with Crippen LogP contribution in [0.5, 0.6) is 0 Å². The Morgan fingerprint density at radius 2 is 1.60 bits per heavy atom. The predicted octanol–water partition coefficient (Wildman–Crippen LogP) is 3.05. The van der Waals surface area contributed by atoms with Crippen LogP contribution in [0.25, 0.3) is 0 Å². The minimum absolute atomic E-state index is 0.306. The molecule has 0 bridgehead atoms. The van der Waals surface area contributed by atoms with Gasteiger partial charge in [0.25, 0.3) is 0 Å². The first kappa shape index (κ1) is 13.4. The second-order valence-electron chi connectivity index (χ2n) is 2.89. The topological polar surface area (TPSA) is 46.5 Å². The van der Waals surface area contributed by atoms with Crippen molar-refractivity contribution in [3.05, 3.63) is 48.6 Å². The number of carbonyl (C=O) groups excluding carboxylic acids is 1. The normalized spacial score (nSPS) is 8.40. The highest BCUT2D eigenvalue weighted by Gasteiger charge is 2.04. The van der Waals surface area contributed by atoms with Gasteiger partial charge in [0.15, 0.2) is 0 Å². The van der Waals surface area contributed by atoms with Crippen LogP contribution < -0.4 is 0 Å². The van der Waals surface area contributed by atoms with Crippen molar-refractivity contribution in [2.75, 3.05) is 0 Å². The zero-order chi connectivity index (χ0) is 11.5. The standard InChI is InChI=1S/C6H10O3.C6H6/c1-3-4-5(2)6(7)9-8;1-2-4-6-5-3-1/h8H,2-4H2,1H3;1-6H. The lowest BCUT2D eigenvalue weighted by molar-refractivity contribution is -0.229. The molecule has 0 fully saturated rings. The van der Waals surface area contributed by atoms with E-state index in [1.54, 1.807) is 0 Å². The van der Waals surface area contributed by atoms with Crippen LogP contribution in [0.3, 0.4) is 0 Å². The van der Waals surface area contributed by atoms with Crippen LogP contribution in [0.1, 0.15) is 19.8 Å². The maximum absolute atomic E-state index is 10.3. The molecule has 0 amide bonds. The van der Waals surface area contributed by atoms with Crippen molar-refractivity contribution < 1.29 is 14.9 Å². The van der Waals surface area contributed by atoms with Crippen LogP contribution >= 0.6 is 0 Å². The van der Waals surface area contributed by atoms with Crippen molar-refractivity contribution in [3.63, 3.8) is 0 Å². The highest BCUT2D eigenvalue weighted by molar-refractivity contribution is 5.86. The molecule has 0 spiro atoms. The molecular weight excluding hydrogens is 192 g/mol. The molecule has 82 valence electrons. The molecule has 0 aliphatic rings. The van der Waals surface area contributed by atoms with Crippen LogP contribution in [0.4, 0.5) is 0 Å². The molecule has 0 saturated carbocycles. The van der Waals surface area contributed by atoms with Gasteiger partial charge in [-0.3, -0.25) is 4.89 Å². The van der Waals surface area contributed by atoms with E-state index in [1.807, 2.05) is 43.3 Å². The molecule has 0 aromatic heterocycles. The van der Waals surface area contributed by atoms with Crippen molar-refractivity contribution in [2.24, 2.45) is 0 Å². The Morgan fingerprint density at radius 1 is 1.20 bits per heavy atom. The zero-order valence-corrected chi connectivity index (χ0v) is 8.85. The number of hydrogen-bond donors (Lipinski definition) is 1. The van der Waals surface area contributed by atoms with Gasteiger partial charge in [-0.2, -0.15) is 5.26 Å². The monoisotopic (exact) mass is 208 g/mol. The molecule has 0 aliphatic heterocycles. The first-order valence-electron chi connectivity index (χ1n) is 4.76. The van der Waals surface area contributed by atoms with E-state index in [0.717, 1.165) is 6.42 Å². The SMILES string of the molecule is C=C(CCC)C(=O)OO.c1ccccc1. The van der Waals surface area contributed by atoms with Crippen molar-refractivity contribution >= 4 is 5.97 Å². The van der Waals surface area contributed by atoms with Crippen LogP contribution in [0.2, 0.25) is 0 Å². The van der Waals surface area contributed by atoms with E-state index in [4.69, 9.17) is 5.26 Å². The van der Waals surface area contributed by atoms with E-state index >= 15 is 0 Å². The Hall–Kier alpha value is -1.61. The van der Waals surface area contributed by atoms with Gasteiger partial charge in [-0.1, -0.05) is 56.3 Å². The van der Waals surface area contributed by atoms with Crippen molar-refractivity contribution in [1.82, 2.24) is 0 Å². The Bertz CT molecular complexity index is 253. The second-order valence-corrected chi connectivity index (χ2v) is 2.89. The van der Waals surface area contributed by atoms with Crippen LogP contribution in [0.15, 0.2) is 48.6 Å². The van der Waals surface area contributed by atoms with Gasteiger partial charge >= 0.3 is 5.97 Å². The molecule has 0 aliphatic carbocycles. The summed E-state index contributed by atoms with van der Waals surface area (Å²) in [5.74, 6) is -0.739. The van der Waals surface area contributed by atoms with E-state index < -0.39 is 5.97 Å². The molecule has 1 rings (SSSR count). The number of hydrogen-bond acceptors (Lipinski definition) is 3. The number of rotatable bonds is 3. The summed E-state index contributed by atoms with van der Waals surface area (Å²) in [6.07, 6.45) is 1.40. The zero-order valence-electron chi connectivity index (χ0n) is 8.85. The summed E-state index contributed by atoms with van der Waals surface area (Å²) < 4.78 is 0. The van der Waals surface area contributed by atoms with Gasteiger partial charge in [0.1, 0.15) is 0 Å². The average Bonchev–Trinajstić information content (AvgIpc) is 2.31. The molecule has 1 aromatic rings. The summed E-state index contributed by atoms with van der Waals surface area (Å²) >= 11 is 0. The van der Waals surface area contributed by atoms with Gasteiger partial charge in [-0.15, -0.1) is 0 Å². The third-order valence-electron chi connectivity index (χ3n) is 1.59. The van der Waals surface area contributed by atoms with E-state index in [1.165, 1.54) is 0 Å². The number of carbonyl (C=O) groups is 1. The van der Waals surface area contributed by atoms with E-state index in [2.05, 4.69) is 11.5 Å².